The zero-order valence-electron chi connectivity index (χ0n) is 12.7. The van der Waals surface area contributed by atoms with Gasteiger partial charge in [0.05, 0.1) is 13.2 Å². The van der Waals surface area contributed by atoms with E-state index in [9.17, 15) is 0 Å². The number of nitrogens with one attached hydrogen (secondary N) is 1. The quantitative estimate of drug-likeness (QED) is 0.702. The van der Waals surface area contributed by atoms with E-state index in [1.54, 1.807) is 0 Å². The van der Waals surface area contributed by atoms with Crippen LogP contribution in [0.2, 0.25) is 0 Å². The highest BCUT2D eigenvalue weighted by Gasteiger charge is 2.30. The van der Waals surface area contributed by atoms with Gasteiger partial charge in [-0.05, 0) is 26.3 Å². The van der Waals surface area contributed by atoms with Crippen LogP contribution in [0.4, 0.5) is 0 Å². The molecule has 0 saturated carbocycles. The van der Waals surface area contributed by atoms with E-state index in [0.717, 1.165) is 38.9 Å². The first-order chi connectivity index (χ1) is 9.31. The van der Waals surface area contributed by atoms with Crippen molar-refractivity contribution >= 4 is 0 Å². The monoisotopic (exact) mass is 269 g/mol. The maximum Gasteiger partial charge on any atom is 0.0594 e. The summed E-state index contributed by atoms with van der Waals surface area (Å²) in [4.78, 5) is 5.28. The molecule has 19 heavy (non-hydrogen) atoms. The molecular formula is C15H31N3O. The van der Waals surface area contributed by atoms with Crippen LogP contribution in [0.3, 0.4) is 0 Å². The standard InChI is InChI=1S/C15H31N3O/c1-3-4-6-16-12-14(2)18-7-5-15(13-18)17-8-10-19-11-9-17/h14-16H,3-13H2,1-2H3. The van der Waals surface area contributed by atoms with Crippen molar-refractivity contribution in [2.75, 3.05) is 52.5 Å². The maximum absolute atomic E-state index is 5.44. The summed E-state index contributed by atoms with van der Waals surface area (Å²) in [5.41, 5.74) is 0. The van der Waals surface area contributed by atoms with Gasteiger partial charge in [0.15, 0.2) is 0 Å². The minimum Gasteiger partial charge on any atom is -0.379 e. The normalized spacial score (nSPS) is 27.8. The molecule has 1 N–H and O–H groups in total. The van der Waals surface area contributed by atoms with Gasteiger partial charge in [0.25, 0.3) is 0 Å². The molecular weight excluding hydrogens is 238 g/mol. The lowest BCUT2D eigenvalue weighted by atomic mass is 10.2. The summed E-state index contributed by atoms with van der Waals surface area (Å²) in [6.07, 6.45) is 3.91. The molecule has 2 heterocycles. The summed E-state index contributed by atoms with van der Waals surface area (Å²) in [5, 5.41) is 3.58. The Bertz CT molecular complexity index is 244. The number of hydrogen-bond donors (Lipinski definition) is 1. The van der Waals surface area contributed by atoms with E-state index >= 15 is 0 Å². The molecule has 0 aliphatic carbocycles. The fourth-order valence-electron chi connectivity index (χ4n) is 3.15. The number of morpholine rings is 1. The highest BCUT2D eigenvalue weighted by atomic mass is 16.5. The molecule has 2 unspecified atom stereocenters. The number of nitrogens with zero attached hydrogens (tertiary/aromatic N) is 2. The number of unbranched alkanes of at least 4 members (excludes halogenated alkanes) is 1. The summed E-state index contributed by atoms with van der Waals surface area (Å²) in [6.45, 7) is 13.5. The van der Waals surface area contributed by atoms with Crippen LogP contribution in [0.25, 0.3) is 0 Å². The maximum atomic E-state index is 5.44. The van der Waals surface area contributed by atoms with Crippen molar-refractivity contribution in [2.24, 2.45) is 0 Å². The first-order valence-corrected chi connectivity index (χ1v) is 8.07. The molecule has 0 aromatic carbocycles. The van der Waals surface area contributed by atoms with Crippen LogP contribution < -0.4 is 5.32 Å². The number of ether oxygens (including phenoxy) is 1. The SMILES string of the molecule is CCCCNCC(C)N1CCC(N2CCOCC2)C1. The van der Waals surface area contributed by atoms with Crippen LogP contribution in [0.1, 0.15) is 33.1 Å². The average molecular weight is 269 g/mol. The van der Waals surface area contributed by atoms with Gasteiger partial charge in [0, 0.05) is 44.8 Å². The molecule has 0 bridgehead atoms. The summed E-state index contributed by atoms with van der Waals surface area (Å²) in [6, 6.07) is 1.44. The lowest BCUT2D eigenvalue weighted by molar-refractivity contribution is 0.0178. The van der Waals surface area contributed by atoms with Gasteiger partial charge in [-0.25, -0.2) is 0 Å². The lowest BCUT2D eigenvalue weighted by Gasteiger charge is -2.33. The van der Waals surface area contributed by atoms with Crippen LogP contribution in [-0.2, 0) is 4.74 Å². The predicted molar refractivity (Wildman–Crippen MR) is 79.6 cm³/mol. The first-order valence-electron chi connectivity index (χ1n) is 8.07. The minimum atomic E-state index is 0.669. The molecule has 2 fully saturated rings. The van der Waals surface area contributed by atoms with Gasteiger partial charge in [0.1, 0.15) is 0 Å². The van der Waals surface area contributed by atoms with Crippen LogP contribution in [0.5, 0.6) is 0 Å². The molecule has 2 atom stereocenters. The fourth-order valence-corrected chi connectivity index (χ4v) is 3.15. The topological polar surface area (TPSA) is 27.7 Å². The third kappa shape index (κ3) is 4.71. The second-order valence-corrected chi connectivity index (χ2v) is 5.99. The molecule has 0 amide bonds. The Labute approximate surface area is 118 Å². The van der Waals surface area contributed by atoms with Crippen molar-refractivity contribution in [3.05, 3.63) is 0 Å². The van der Waals surface area contributed by atoms with Crippen molar-refractivity contribution in [3.63, 3.8) is 0 Å². The second-order valence-electron chi connectivity index (χ2n) is 5.99. The summed E-state index contributed by atoms with van der Waals surface area (Å²) >= 11 is 0. The van der Waals surface area contributed by atoms with Crippen LogP contribution >= 0.6 is 0 Å². The highest BCUT2D eigenvalue weighted by molar-refractivity contribution is 4.87. The molecule has 4 heteroatoms. The van der Waals surface area contributed by atoms with Crippen LogP contribution in [-0.4, -0.2) is 74.4 Å². The Hall–Kier alpha value is -0.160. The second kappa shape index (κ2) is 8.20. The van der Waals surface area contributed by atoms with Crippen LogP contribution in [0, 0.1) is 0 Å². The Morgan fingerprint density at radius 3 is 2.79 bits per heavy atom. The Kier molecular flexibility index (Phi) is 6.57. The van der Waals surface area contributed by atoms with Gasteiger partial charge in [-0.2, -0.15) is 0 Å². The van der Waals surface area contributed by atoms with Gasteiger partial charge >= 0.3 is 0 Å². The van der Waals surface area contributed by atoms with Gasteiger partial charge in [-0.1, -0.05) is 13.3 Å². The lowest BCUT2D eigenvalue weighted by Crippen LogP contribution is -2.46. The molecule has 0 radical (unpaired) electrons. The minimum absolute atomic E-state index is 0.669. The van der Waals surface area contributed by atoms with E-state index in [2.05, 4.69) is 29.0 Å². The third-order valence-corrected chi connectivity index (χ3v) is 4.53. The van der Waals surface area contributed by atoms with Crippen LogP contribution in [0.15, 0.2) is 0 Å². The zero-order chi connectivity index (χ0) is 13.5. The van der Waals surface area contributed by atoms with Gasteiger partial charge < -0.3 is 10.1 Å². The molecule has 112 valence electrons. The Morgan fingerprint density at radius 1 is 1.26 bits per heavy atom. The van der Waals surface area contributed by atoms with Crippen molar-refractivity contribution in [3.8, 4) is 0 Å². The smallest absolute Gasteiger partial charge is 0.0594 e. The molecule has 2 aliphatic rings. The molecule has 0 aromatic rings. The summed E-state index contributed by atoms with van der Waals surface area (Å²) in [5.74, 6) is 0. The third-order valence-electron chi connectivity index (χ3n) is 4.53. The summed E-state index contributed by atoms with van der Waals surface area (Å²) < 4.78 is 5.44. The first kappa shape index (κ1) is 15.2. The van der Waals surface area contributed by atoms with Gasteiger partial charge in [0.2, 0.25) is 0 Å². The number of hydrogen-bond acceptors (Lipinski definition) is 4. The Morgan fingerprint density at radius 2 is 2.05 bits per heavy atom. The van der Waals surface area contributed by atoms with E-state index < -0.39 is 0 Å². The van der Waals surface area contributed by atoms with Gasteiger partial charge in [-0.15, -0.1) is 0 Å². The largest absolute Gasteiger partial charge is 0.379 e. The summed E-state index contributed by atoms with van der Waals surface area (Å²) in [7, 11) is 0. The van der Waals surface area contributed by atoms with Gasteiger partial charge in [-0.3, -0.25) is 9.80 Å². The van der Waals surface area contributed by atoms with E-state index in [1.807, 2.05) is 0 Å². The number of likely N-dealkylation sites (tertiary alicyclic amines) is 1. The number of rotatable bonds is 7. The van der Waals surface area contributed by atoms with E-state index in [1.165, 1.54) is 38.9 Å². The molecule has 0 spiro atoms. The van der Waals surface area contributed by atoms with E-state index in [0.29, 0.717) is 6.04 Å². The van der Waals surface area contributed by atoms with Crippen molar-refractivity contribution < 1.29 is 4.74 Å². The molecule has 2 aliphatic heterocycles. The average Bonchev–Trinajstić information content (AvgIpc) is 2.94. The molecule has 2 rings (SSSR count). The molecule has 2 saturated heterocycles. The van der Waals surface area contributed by atoms with E-state index in [4.69, 9.17) is 4.74 Å². The Balaban J connectivity index is 1.65. The highest BCUT2D eigenvalue weighted by Crippen LogP contribution is 2.18. The fraction of sp³-hybridized carbons (Fsp3) is 1.00. The van der Waals surface area contributed by atoms with Crippen molar-refractivity contribution in [2.45, 2.75) is 45.2 Å². The molecule has 0 aromatic heterocycles. The zero-order valence-corrected chi connectivity index (χ0v) is 12.7. The van der Waals surface area contributed by atoms with Crippen molar-refractivity contribution in [1.29, 1.82) is 0 Å². The van der Waals surface area contributed by atoms with Crippen molar-refractivity contribution in [1.82, 2.24) is 15.1 Å². The van der Waals surface area contributed by atoms with E-state index in [-0.39, 0.29) is 0 Å². The predicted octanol–water partition coefficient (Wildman–Crippen LogP) is 1.17. The molecule has 4 nitrogen and oxygen atoms in total.